The highest BCUT2D eigenvalue weighted by Crippen LogP contribution is 2.25. The molecule has 130 valence electrons. The zero-order chi connectivity index (χ0) is 18.0. The minimum absolute atomic E-state index is 0.259. The zero-order valence-corrected chi connectivity index (χ0v) is 14.8. The van der Waals surface area contributed by atoms with Crippen LogP contribution in [-0.4, -0.2) is 33.8 Å². The summed E-state index contributed by atoms with van der Waals surface area (Å²) < 4.78 is 26.9. The van der Waals surface area contributed by atoms with Crippen molar-refractivity contribution in [1.29, 1.82) is 5.41 Å². The SMILES string of the molecule is CC(C)S(=O)(=O)n1c(NCc2cccnc2)nc2ccc(C=N)cc21. The number of pyridine rings is 1. The zero-order valence-electron chi connectivity index (χ0n) is 14.0. The fourth-order valence-corrected chi connectivity index (χ4v) is 3.61. The van der Waals surface area contributed by atoms with E-state index in [2.05, 4.69) is 15.3 Å². The van der Waals surface area contributed by atoms with E-state index in [1.54, 1.807) is 44.4 Å². The van der Waals surface area contributed by atoms with Gasteiger partial charge in [-0.25, -0.2) is 17.4 Å². The lowest BCUT2D eigenvalue weighted by molar-refractivity contribution is 0.580. The van der Waals surface area contributed by atoms with Gasteiger partial charge in [-0.1, -0.05) is 12.1 Å². The van der Waals surface area contributed by atoms with E-state index >= 15 is 0 Å². The monoisotopic (exact) mass is 357 g/mol. The fourth-order valence-electron chi connectivity index (χ4n) is 2.42. The third-order valence-electron chi connectivity index (χ3n) is 3.83. The van der Waals surface area contributed by atoms with E-state index in [4.69, 9.17) is 5.41 Å². The van der Waals surface area contributed by atoms with Crippen LogP contribution in [0.15, 0.2) is 42.7 Å². The standard InChI is InChI=1S/C17H19N5O2S/c1-12(2)25(23,24)22-16-8-13(9-18)5-6-15(16)21-17(22)20-11-14-4-3-7-19-10-14/h3-10,12,18H,11H2,1-2H3,(H,20,21). The second kappa shape index (κ2) is 6.64. The highest BCUT2D eigenvalue weighted by atomic mass is 32.2. The molecule has 3 rings (SSSR count). The molecule has 0 amide bonds. The van der Waals surface area contributed by atoms with E-state index in [1.807, 2.05) is 12.1 Å². The molecule has 0 aliphatic rings. The molecule has 0 aliphatic carbocycles. The molecule has 25 heavy (non-hydrogen) atoms. The number of nitrogens with one attached hydrogen (secondary N) is 2. The van der Waals surface area contributed by atoms with Crippen LogP contribution in [-0.2, 0) is 16.6 Å². The summed E-state index contributed by atoms with van der Waals surface area (Å²) in [4.78, 5) is 8.48. The van der Waals surface area contributed by atoms with Gasteiger partial charge in [-0.3, -0.25) is 4.98 Å². The van der Waals surface area contributed by atoms with E-state index in [9.17, 15) is 8.42 Å². The summed E-state index contributed by atoms with van der Waals surface area (Å²) >= 11 is 0. The normalized spacial score (nSPS) is 11.8. The molecule has 0 saturated heterocycles. The van der Waals surface area contributed by atoms with Crippen molar-refractivity contribution in [2.75, 3.05) is 5.32 Å². The second-order valence-corrected chi connectivity index (χ2v) is 8.24. The van der Waals surface area contributed by atoms with Crippen molar-refractivity contribution in [2.24, 2.45) is 0 Å². The van der Waals surface area contributed by atoms with Crippen LogP contribution in [0.3, 0.4) is 0 Å². The van der Waals surface area contributed by atoms with Crippen LogP contribution in [0.1, 0.15) is 25.0 Å². The predicted molar refractivity (Wildman–Crippen MR) is 98.6 cm³/mol. The van der Waals surface area contributed by atoms with Gasteiger partial charge in [0.2, 0.25) is 16.0 Å². The van der Waals surface area contributed by atoms with Gasteiger partial charge < -0.3 is 10.7 Å². The largest absolute Gasteiger partial charge is 0.351 e. The quantitative estimate of drug-likeness (QED) is 0.661. The number of imidazole rings is 1. The molecule has 0 spiro atoms. The Labute approximate surface area is 146 Å². The first-order chi connectivity index (χ1) is 11.9. The van der Waals surface area contributed by atoms with Crippen molar-refractivity contribution in [2.45, 2.75) is 25.6 Å². The van der Waals surface area contributed by atoms with Crippen LogP contribution in [0.2, 0.25) is 0 Å². The molecular weight excluding hydrogens is 338 g/mol. The number of anilines is 1. The maximum Gasteiger partial charge on any atom is 0.244 e. The van der Waals surface area contributed by atoms with Gasteiger partial charge in [0.05, 0.1) is 16.3 Å². The molecule has 0 atom stereocenters. The topological polar surface area (TPSA) is 101 Å². The highest BCUT2D eigenvalue weighted by Gasteiger charge is 2.25. The summed E-state index contributed by atoms with van der Waals surface area (Å²) in [7, 11) is -3.62. The lowest BCUT2D eigenvalue weighted by atomic mass is 10.2. The Morgan fingerprint density at radius 3 is 2.76 bits per heavy atom. The van der Waals surface area contributed by atoms with Crippen LogP contribution in [0.5, 0.6) is 0 Å². The first-order valence-corrected chi connectivity index (χ1v) is 9.34. The third-order valence-corrected chi connectivity index (χ3v) is 5.90. The highest BCUT2D eigenvalue weighted by molar-refractivity contribution is 7.90. The molecule has 0 unspecified atom stereocenters. The van der Waals surface area contributed by atoms with Crippen LogP contribution in [0.4, 0.5) is 5.95 Å². The number of hydrogen-bond donors (Lipinski definition) is 2. The molecule has 1 aromatic carbocycles. The molecule has 0 aliphatic heterocycles. The van der Waals surface area contributed by atoms with E-state index in [1.165, 1.54) is 10.2 Å². The minimum atomic E-state index is -3.62. The summed E-state index contributed by atoms with van der Waals surface area (Å²) in [6.07, 6.45) is 4.58. The van der Waals surface area contributed by atoms with Gasteiger partial charge in [0.1, 0.15) is 0 Å². The van der Waals surface area contributed by atoms with Crippen LogP contribution in [0.25, 0.3) is 11.0 Å². The van der Waals surface area contributed by atoms with E-state index in [0.717, 1.165) is 5.56 Å². The average Bonchev–Trinajstić information content (AvgIpc) is 2.98. The first kappa shape index (κ1) is 17.1. The first-order valence-electron chi connectivity index (χ1n) is 7.83. The number of aromatic nitrogens is 3. The smallest absolute Gasteiger partial charge is 0.244 e. The summed E-state index contributed by atoms with van der Waals surface area (Å²) in [5.74, 6) is 0.259. The number of benzene rings is 1. The van der Waals surface area contributed by atoms with E-state index in [-0.39, 0.29) is 5.95 Å². The lowest BCUT2D eigenvalue weighted by Gasteiger charge is -2.14. The predicted octanol–water partition coefficient (Wildman–Crippen LogP) is 2.63. The molecule has 2 N–H and O–H groups in total. The van der Waals surface area contributed by atoms with E-state index < -0.39 is 15.3 Å². The van der Waals surface area contributed by atoms with Crippen LogP contribution in [0, 0.1) is 5.41 Å². The Bertz CT molecular complexity index is 1010. The van der Waals surface area contributed by atoms with Gasteiger partial charge in [0.25, 0.3) is 0 Å². The summed E-state index contributed by atoms with van der Waals surface area (Å²) in [5.41, 5.74) is 2.56. The maximum absolute atomic E-state index is 12.9. The number of hydrogen-bond acceptors (Lipinski definition) is 6. The van der Waals surface area contributed by atoms with Crippen LogP contribution >= 0.6 is 0 Å². The molecule has 0 fully saturated rings. The van der Waals surface area contributed by atoms with Gasteiger partial charge in [0, 0.05) is 25.2 Å². The van der Waals surface area contributed by atoms with Gasteiger partial charge in [0.15, 0.2) is 0 Å². The Kier molecular flexibility index (Phi) is 4.54. The van der Waals surface area contributed by atoms with Gasteiger partial charge in [-0.2, -0.15) is 0 Å². The van der Waals surface area contributed by atoms with Crippen molar-refractivity contribution >= 4 is 33.2 Å². The van der Waals surface area contributed by atoms with Crippen molar-refractivity contribution in [1.82, 2.24) is 13.9 Å². The van der Waals surface area contributed by atoms with Gasteiger partial charge >= 0.3 is 0 Å². The van der Waals surface area contributed by atoms with Gasteiger partial charge in [-0.05, 0) is 43.2 Å². The summed E-state index contributed by atoms with van der Waals surface area (Å²) in [6.45, 7) is 3.67. The van der Waals surface area contributed by atoms with Crippen molar-refractivity contribution < 1.29 is 8.42 Å². The molecular formula is C17H19N5O2S. The Morgan fingerprint density at radius 2 is 2.12 bits per heavy atom. The Balaban J connectivity index is 2.12. The number of rotatable bonds is 6. The molecule has 8 heteroatoms. The Morgan fingerprint density at radius 1 is 1.32 bits per heavy atom. The van der Waals surface area contributed by atoms with Crippen molar-refractivity contribution in [3.8, 4) is 0 Å². The van der Waals surface area contributed by atoms with Crippen LogP contribution < -0.4 is 5.32 Å². The summed E-state index contributed by atoms with van der Waals surface area (Å²) in [5, 5.41) is 9.89. The second-order valence-electron chi connectivity index (χ2n) is 5.90. The van der Waals surface area contributed by atoms with Crippen molar-refractivity contribution in [3.05, 3.63) is 53.9 Å². The molecule has 0 saturated carbocycles. The summed E-state index contributed by atoms with van der Waals surface area (Å²) in [6, 6.07) is 8.83. The van der Waals surface area contributed by atoms with Gasteiger partial charge in [-0.15, -0.1) is 0 Å². The Hall–Kier alpha value is -2.74. The lowest BCUT2D eigenvalue weighted by Crippen LogP contribution is -2.24. The van der Waals surface area contributed by atoms with E-state index in [0.29, 0.717) is 23.1 Å². The molecule has 2 heterocycles. The fraction of sp³-hybridized carbons (Fsp3) is 0.235. The molecule has 7 nitrogen and oxygen atoms in total. The number of fused-ring (bicyclic) bond motifs is 1. The molecule has 2 aromatic heterocycles. The third kappa shape index (κ3) is 3.25. The van der Waals surface area contributed by atoms with Crippen molar-refractivity contribution in [3.63, 3.8) is 0 Å². The maximum atomic E-state index is 12.9. The molecule has 0 bridgehead atoms. The molecule has 0 radical (unpaired) electrons. The average molecular weight is 357 g/mol. The minimum Gasteiger partial charge on any atom is -0.351 e. The molecule has 3 aromatic rings. The number of nitrogens with zero attached hydrogens (tertiary/aromatic N) is 3.